The molecule has 0 unspecified atom stereocenters. The fourth-order valence-electron chi connectivity index (χ4n) is 5.04. The Bertz CT molecular complexity index is 1760. The molecule has 0 aliphatic heterocycles. The summed E-state index contributed by atoms with van der Waals surface area (Å²) in [6.07, 6.45) is 2.42. The summed E-state index contributed by atoms with van der Waals surface area (Å²) >= 11 is 5.49. The van der Waals surface area contributed by atoms with Gasteiger partial charge in [0.25, 0.3) is 0 Å². The van der Waals surface area contributed by atoms with Gasteiger partial charge in [-0.1, -0.05) is 89.9 Å². The summed E-state index contributed by atoms with van der Waals surface area (Å²) in [7, 11) is -1.36. The molecular weight excluding hydrogens is 597 g/mol. The first-order valence-corrected chi connectivity index (χ1v) is 18.8. The molecule has 6 aromatic carbocycles. The molecule has 4 heteroatoms. The van der Waals surface area contributed by atoms with Gasteiger partial charge in [-0.05, 0) is 143 Å². The minimum atomic E-state index is -1.36. The average Bonchev–Trinajstić information content (AvgIpc) is 3.05. The van der Waals surface area contributed by atoms with E-state index in [-0.39, 0.29) is 0 Å². The van der Waals surface area contributed by atoms with Crippen LogP contribution in [0.1, 0.15) is 11.1 Å². The van der Waals surface area contributed by atoms with E-state index in [2.05, 4.69) is 172 Å². The Morgan fingerprint density at radius 2 is 0.791 bits per heavy atom. The molecule has 214 valence electrons. The van der Waals surface area contributed by atoms with Gasteiger partial charge in [-0.3, -0.25) is 0 Å². The zero-order chi connectivity index (χ0) is 29.6. The van der Waals surface area contributed by atoms with Crippen LogP contribution < -0.4 is 0 Å². The van der Waals surface area contributed by atoms with Gasteiger partial charge in [0, 0.05) is 29.4 Å². The lowest BCUT2D eigenvalue weighted by Crippen LogP contribution is -2.02. The van der Waals surface area contributed by atoms with Crippen LogP contribution in [0.2, 0.25) is 0 Å². The molecule has 0 bridgehead atoms. The second-order valence-electron chi connectivity index (χ2n) is 10.5. The maximum Gasteiger partial charge on any atom is 0.0152 e. The van der Waals surface area contributed by atoms with E-state index in [1.54, 1.807) is 0 Å². The minimum absolute atomic E-state index is 1.26. The van der Waals surface area contributed by atoms with Crippen LogP contribution in [-0.2, 0) is 0 Å². The van der Waals surface area contributed by atoms with Gasteiger partial charge in [0.2, 0.25) is 0 Å². The molecule has 43 heavy (non-hydrogen) atoms. The summed E-state index contributed by atoms with van der Waals surface area (Å²) < 4.78 is 0. The Balaban J connectivity index is 1.17. The van der Waals surface area contributed by atoms with Crippen LogP contribution in [-0.4, -0.2) is 6.26 Å². The third-order valence-corrected chi connectivity index (χ3v) is 14.4. The number of hydrogen-bond donors (Lipinski definition) is 0. The van der Waals surface area contributed by atoms with Crippen LogP contribution >= 0.6 is 45.3 Å². The standard InChI is InChI=1S/C39H34S4/c1-29-27-34(40-31-13-7-4-8-14-31)23-25-38(29)41-32-19-21-33(22-20-32)42-39-26-24-37(28-30(39)2)43(3,35-15-9-5-10-16-35)36-17-11-6-12-18-36/h4-28H,1-3H3. The summed E-state index contributed by atoms with van der Waals surface area (Å²) in [5.41, 5.74) is 2.62. The number of aryl methyl sites for hydroxylation is 2. The second-order valence-corrected chi connectivity index (χ2v) is 17.1. The lowest BCUT2D eigenvalue weighted by Gasteiger charge is -2.38. The van der Waals surface area contributed by atoms with Crippen molar-refractivity contribution in [1.82, 2.24) is 0 Å². The van der Waals surface area contributed by atoms with E-state index in [0.717, 1.165) is 0 Å². The highest BCUT2D eigenvalue weighted by molar-refractivity contribution is 8.33. The van der Waals surface area contributed by atoms with Crippen molar-refractivity contribution in [1.29, 1.82) is 0 Å². The van der Waals surface area contributed by atoms with Crippen molar-refractivity contribution in [3.05, 3.63) is 163 Å². The SMILES string of the molecule is Cc1cc(Sc2ccccc2)ccc1Sc1ccc(Sc2ccc(S(C)(c3ccccc3)c3ccccc3)cc2C)cc1. The summed E-state index contributed by atoms with van der Waals surface area (Å²) in [4.78, 5) is 11.8. The average molecular weight is 631 g/mol. The van der Waals surface area contributed by atoms with Crippen molar-refractivity contribution in [3.8, 4) is 0 Å². The first-order valence-electron chi connectivity index (χ1n) is 14.3. The summed E-state index contributed by atoms with van der Waals surface area (Å²) in [6.45, 7) is 4.45. The molecule has 0 atom stereocenters. The number of rotatable bonds is 9. The van der Waals surface area contributed by atoms with E-state index in [0.29, 0.717) is 0 Å². The topological polar surface area (TPSA) is 0 Å². The van der Waals surface area contributed by atoms with E-state index in [1.165, 1.54) is 55.2 Å². The summed E-state index contributed by atoms with van der Waals surface area (Å²) in [5.74, 6) is 0. The Hall–Kier alpha value is -3.28. The van der Waals surface area contributed by atoms with Gasteiger partial charge in [-0.2, -0.15) is 10.0 Å². The third-order valence-electron chi connectivity index (χ3n) is 7.45. The molecule has 0 radical (unpaired) electrons. The van der Waals surface area contributed by atoms with Gasteiger partial charge in [-0.15, -0.1) is 0 Å². The first kappa shape index (κ1) is 29.8. The fraction of sp³-hybridized carbons (Fsp3) is 0.0769. The van der Waals surface area contributed by atoms with Crippen LogP contribution in [0.4, 0.5) is 0 Å². The molecule has 0 N–H and O–H groups in total. The van der Waals surface area contributed by atoms with E-state index in [4.69, 9.17) is 0 Å². The lowest BCUT2D eigenvalue weighted by atomic mass is 10.2. The Morgan fingerprint density at radius 1 is 0.372 bits per heavy atom. The van der Waals surface area contributed by atoms with Gasteiger partial charge in [0.05, 0.1) is 0 Å². The molecule has 0 amide bonds. The molecule has 0 nitrogen and oxygen atoms in total. The predicted molar refractivity (Wildman–Crippen MR) is 189 cm³/mol. The molecule has 6 rings (SSSR count). The van der Waals surface area contributed by atoms with Crippen LogP contribution in [0.25, 0.3) is 0 Å². The number of benzene rings is 6. The Kier molecular flexibility index (Phi) is 9.40. The molecule has 0 fully saturated rings. The highest BCUT2D eigenvalue weighted by Gasteiger charge is 2.26. The van der Waals surface area contributed by atoms with Crippen LogP contribution in [0, 0.1) is 13.8 Å². The maximum absolute atomic E-state index is 2.42. The smallest absolute Gasteiger partial charge is 0.0152 e. The first-order chi connectivity index (χ1) is 21.0. The molecule has 0 aliphatic rings. The molecule has 6 aromatic rings. The lowest BCUT2D eigenvalue weighted by molar-refractivity contribution is 1.20. The maximum atomic E-state index is 2.42. The second kappa shape index (κ2) is 13.6. The Morgan fingerprint density at radius 3 is 1.28 bits per heavy atom. The van der Waals surface area contributed by atoms with Crippen molar-refractivity contribution in [2.24, 2.45) is 0 Å². The van der Waals surface area contributed by atoms with Crippen molar-refractivity contribution >= 4 is 45.3 Å². The molecule has 0 aromatic heterocycles. The monoisotopic (exact) mass is 630 g/mol. The van der Waals surface area contributed by atoms with Crippen molar-refractivity contribution < 1.29 is 0 Å². The van der Waals surface area contributed by atoms with E-state index >= 15 is 0 Å². The molecular formula is C39H34S4. The van der Waals surface area contributed by atoms with Gasteiger partial charge >= 0.3 is 0 Å². The van der Waals surface area contributed by atoms with Crippen molar-refractivity contribution in [3.63, 3.8) is 0 Å². The molecule has 0 saturated carbocycles. The van der Waals surface area contributed by atoms with Crippen LogP contribution in [0.5, 0.6) is 0 Å². The zero-order valence-electron chi connectivity index (χ0n) is 24.6. The molecule has 0 aliphatic carbocycles. The fourth-order valence-corrected chi connectivity index (χ4v) is 10.7. The normalized spacial score (nSPS) is 11.8. The van der Waals surface area contributed by atoms with E-state index in [9.17, 15) is 0 Å². The number of hydrogen-bond acceptors (Lipinski definition) is 3. The van der Waals surface area contributed by atoms with Gasteiger partial charge in [-0.25, -0.2) is 0 Å². The highest BCUT2D eigenvalue weighted by Crippen LogP contribution is 2.65. The third kappa shape index (κ3) is 6.94. The van der Waals surface area contributed by atoms with Crippen molar-refractivity contribution in [2.45, 2.75) is 57.9 Å². The van der Waals surface area contributed by atoms with Crippen LogP contribution in [0.3, 0.4) is 0 Å². The minimum Gasteiger partial charge on any atom is -0.163 e. The van der Waals surface area contributed by atoms with Crippen LogP contribution in [0.15, 0.2) is 196 Å². The molecule has 0 saturated heterocycles. The molecule has 0 spiro atoms. The summed E-state index contributed by atoms with van der Waals surface area (Å²) in [6, 6.07) is 55.3. The Labute approximate surface area is 270 Å². The van der Waals surface area contributed by atoms with E-state index in [1.807, 2.05) is 35.3 Å². The highest BCUT2D eigenvalue weighted by atomic mass is 32.3. The zero-order valence-corrected chi connectivity index (χ0v) is 27.8. The quantitative estimate of drug-likeness (QED) is 0.156. The van der Waals surface area contributed by atoms with E-state index < -0.39 is 10.0 Å². The van der Waals surface area contributed by atoms with Gasteiger partial charge < -0.3 is 0 Å². The summed E-state index contributed by atoms with van der Waals surface area (Å²) in [5, 5.41) is 0. The largest absolute Gasteiger partial charge is 0.163 e. The van der Waals surface area contributed by atoms with Crippen molar-refractivity contribution in [2.75, 3.05) is 6.26 Å². The molecule has 0 heterocycles. The van der Waals surface area contributed by atoms with Gasteiger partial charge in [0.15, 0.2) is 0 Å². The van der Waals surface area contributed by atoms with Gasteiger partial charge in [0.1, 0.15) is 0 Å². The predicted octanol–water partition coefficient (Wildman–Crippen LogP) is 12.7.